The quantitative estimate of drug-likeness (QED) is 0.292. The number of rotatable bonds is 9. The first kappa shape index (κ1) is 24.9. The minimum atomic E-state index is 0. The van der Waals surface area contributed by atoms with E-state index in [0.717, 1.165) is 51.3 Å². The van der Waals surface area contributed by atoms with Gasteiger partial charge in [0, 0.05) is 45.8 Å². The van der Waals surface area contributed by atoms with Crippen LogP contribution >= 0.6 is 24.0 Å². The van der Waals surface area contributed by atoms with Gasteiger partial charge in [-0.15, -0.1) is 24.0 Å². The number of hydrogen-bond donors (Lipinski definition) is 2. The highest BCUT2D eigenvalue weighted by Crippen LogP contribution is 2.15. The van der Waals surface area contributed by atoms with Crippen LogP contribution in [0.2, 0.25) is 0 Å². The third-order valence-corrected chi connectivity index (χ3v) is 5.50. The molecule has 0 aromatic heterocycles. The van der Waals surface area contributed by atoms with Gasteiger partial charge in [-0.2, -0.15) is 0 Å². The molecular weight excluding hydrogens is 453 g/mol. The summed E-state index contributed by atoms with van der Waals surface area (Å²) < 4.78 is 5.52. The molecule has 2 N–H and O–H groups in total. The van der Waals surface area contributed by atoms with E-state index in [1.165, 1.54) is 38.9 Å². The normalized spacial score (nSPS) is 23.3. The maximum Gasteiger partial charge on any atom is 0.191 e. The third kappa shape index (κ3) is 9.28. The number of nitrogens with one attached hydrogen (secondary N) is 2. The fourth-order valence-electron chi connectivity index (χ4n) is 4.12. The first-order valence-corrected chi connectivity index (χ1v) is 10.6. The van der Waals surface area contributed by atoms with Crippen molar-refractivity contribution in [3.8, 4) is 0 Å². The van der Waals surface area contributed by atoms with Crippen LogP contribution in [0.3, 0.4) is 0 Å². The molecule has 2 rings (SSSR count). The summed E-state index contributed by atoms with van der Waals surface area (Å²) in [7, 11) is 1.87. The Balaban J connectivity index is 0.00000364. The zero-order chi connectivity index (χ0) is 18.8. The predicted octanol–water partition coefficient (Wildman–Crippen LogP) is 2.25. The van der Waals surface area contributed by atoms with E-state index < -0.39 is 0 Å². The van der Waals surface area contributed by atoms with Crippen LogP contribution in [0.5, 0.6) is 0 Å². The van der Waals surface area contributed by atoms with Gasteiger partial charge in [0.05, 0.1) is 13.2 Å². The molecule has 2 atom stereocenters. The van der Waals surface area contributed by atoms with Crippen molar-refractivity contribution in [3.63, 3.8) is 0 Å². The van der Waals surface area contributed by atoms with Gasteiger partial charge in [-0.05, 0) is 44.2 Å². The number of halogens is 1. The maximum absolute atomic E-state index is 5.52. The van der Waals surface area contributed by atoms with Crippen molar-refractivity contribution < 1.29 is 4.74 Å². The van der Waals surface area contributed by atoms with Crippen molar-refractivity contribution in [1.29, 1.82) is 0 Å². The molecule has 0 bridgehead atoms. The molecule has 0 aliphatic carbocycles. The van der Waals surface area contributed by atoms with Crippen LogP contribution in [0, 0.1) is 11.8 Å². The lowest BCUT2D eigenvalue weighted by Crippen LogP contribution is -2.51. The van der Waals surface area contributed by atoms with Crippen molar-refractivity contribution in [2.45, 2.75) is 46.1 Å². The summed E-state index contributed by atoms with van der Waals surface area (Å²) in [6.45, 7) is 16.4. The van der Waals surface area contributed by atoms with Crippen LogP contribution in [0.25, 0.3) is 0 Å². The number of likely N-dealkylation sites (tertiary alicyclic amines) is 1. The molecule has 0 spiro atoms. The summed E-state index contributed by atoms with van der Waals surface area (Å²) in [5.41, 5.74) is 0. The first-order valence-electron chi connectivity index (χ1n) is 10.6. The van der Waals surface area contributed by atoms with E-state index in [9.17, 15) is 0 Å². The molecule has 2 saturated heterocycles. The highest BCUT2D eigenvalue weighted by molar-refractivity contribution is 14.0. The molecule has 2 aliphatic rings. The molecule has 0 saturated carbocycles. The van der Waals surface area contributed by atoms with Crippen LogP contribution in [-0.2, 0) is 4.74 Å². The summed E-state index contributed by atoms with van der Waals surface area (Å²) in [6, 6.07) is 0.545. The average Bonchev–Trinajstić information content (AvgIpc) is 3.09. The molecule has 0 aromatic rings. The van der Waals surface area contributed by atoms with Crippen molar-refractivity contribution >= 4 is 29.9 Å². The van der Waals surface area contributed by atoms with Crippen LogP contribution in [0.1, 0.15) is 40.0 Å². The Labute approximate surface area is 183 Å². The number of hydrogen-bond acceptors (Lipinski definition) is 4. The SMILES string of the molecule is CCCN1CCC(CNC(=NC)NCC(CC(C)C)N2CCOCC2)C1.I. The predicted molar refractivity (Wildman–Crippen MR) is 125 cm³/mol. The monoisotopic (exact) mass is 495 g/mol. The highest BCUT2D eigenvalue weighted by Gasteiger charge is 2.23. The molecule has 27 heavy (non-hydrogen) atoms. The molecular formula is C20H42IN5O. The Morgan fingerprint density at radius 1 is 1.19 bits per heavy atom. The highest BCUT2D eigenvalue weighted by atomic mass is 127. The molecule has 0 amide bonds. The second-order valence-corrected chi connectivity index (χ2v) is 8.22. The number of guanidine groups is 1. The molecule has 0 radical (unpaired) electrons. The van der Waals surface area contributed by atoms with E-state index >= 15 is 0 Å². The van der Waals surface area contributed by atoms with Gasteiger partial charge in [-0.1, -0.05) is 20.8 Å². The fourth-order valence-corrected chi connectivity index (χ4v) is 4.12. The largest absolute Gasteiger partial charge is 0.379 e. The van der Waals surface area contributed by atoms with Gasteiger partial charge in [0.2, 0.25) is 0 Å². The third-order valence-electron chi connectivity index (χ3n) is 5.50. The Morgan fingerprint density at radius 3 is 2.56 bits per heavy atom. The minimum absolute atomic E-state index is 0. The van der Waals surface area contributed by atoms with Gasteiger partial charge in [0.15, 0.2) is 5.96 Å². The van der Waals surface area contributed by atoms with E-state index in [4.69, 9.17) is 4.74 Å². The van der Waals surface area contributed by atoms with Gasteiger partial charge < -0.3 is 20.3 Å². The smallest absolute Gasteiger partial charge is 0.191 e. The van der Waals surface area contributed by atoms with Gasteiger partial charge in [-0.25, -0.2) is 0 Å². The summed E-state index contributed by atoms with van der Waals surface area (Å²) in [5.74, 6) is 2.38. The molecule has 160 valence electrons. The summed E-state index contributed by atoms with van der Waals surface area (Å²) >= 11 is 0. The number of nitrogens with zero attached hydrogens (tertiary/aromatic N) is 3. The Morgan fingerprint density at radius 2 is 1.93 bits per heavy atom. The van der Waals surface area contributed by atoms with E-state index in [0.29, 0.717) is 12.0 Å². The number of morpholine rings is 1. The molecule has 0 aromatic carbocycles. The summed E-state index contributed by atoms with van der Waals surface area (Å²) in [5, 5.41) is 7.13. The Hall–Kier alpha value is -0.120. The van der Waals surface area contributed by atoms with E-state index in [1.807, 2.05) is 7.05 Å². The van der Waals surface area contributed by atoms with Crippen LogP contribution < -0.4 is 10.6 Å². The maximum atomic E-state index is 5.52. The average molecular weight is 495 g/mol. The minimum Gasteiger partial charge on any atom is -0.379 e. The first-order chi connectivity index (χ1) is 12.6. The summed E-state index contributed by atoms with van der Waals surface area (Å²) in [4.78, 5) is 9.59. The molecule has 2 aliphatic heterocycles. The molecule has 2 fully saturated rings. The van der Waals surface area contributed by atoms with E-state index in [2.05, 4.69) is 46.2 Å². The lowest BCUT2D eigenvalue weighted by Gasteiger charge is -2.35. The molecule has 2 heterocycles. The second-order valence-electron chi connectivity index (χ2n) is 8.22. The van der Waals surface area contributed by atoms with Crippen LogP contribution in [0.15, 0.2) is 4.99 Å². The van der Waals surface area contributed by atoms with Crippen molar-refractivity contribution in [2.24, 2.45) is 16.8 Å². The van der Waals surface area contributed by atoms with E-state index in [-0.39, 0.29) is 24.0 Å². The Kier molecular flexibility index (Phi) is 12.9. The summed E-state index contributed by atoms with van der Waals surface area (Å²) in [6.07, 6.45) is 3.76. The van der Waals surface area contributed by atoms with Crippen molar-refractivity contribution in [1.82, 2.24) is 20.4 Å². The van der Waals surface area contributed by atoms with Crippen LogP contribution in [-0.4, -0.2) is 87.9 Å². The van der Waals surface area contributed by atoms with Gasteiger partial charge >= 0.3 is 0 Å². The molecule has 2 unspecified atom stereocenters. The zero-order valence-electron chi connectivity index (χ0n) is 17.9. The van der Waals surface area contributed by atoms with Crippen LogP contribution in [0.4, 0.5) is 0 Å². The number of ether oxygens (including phenoxy) is 1. The number of aliphatic imine (C=N–C) groups is 1. The fraction of sp³-hybridized carbons (Fsp3) is 0.950. The standard InChI is InChI=1S/C20H41N5O.HI/c1-5-7-24-8-6-18(16-24)14-22-20(21-4)23-15-19(13-17(2)3)25-9-11-26-12-10-25;/h17-19H,5-16H2,1-4H3,(H2,21,22,23);1H. The van der Waals surface area contributed by atoms with E-state index in [1.54, 1.807) is 0 Å². The molecule has 7 heteroatoms. The molecule has 6 nitrogen and oxygen atoms in total. The lowest BCUT2D eigenvalue weighted by atomic mass is 10.0. The second kappa shape index (κ2) is 14.0. The van der Waals surface area contributed by atoms with Gasteiger partial charge in [0.25, 0.3) is 0 Å². The Bertz CT molecular complexity index is 415. The van der Waals surface area contributed by atoms with Crippen molar-refractivity contribution in [2.75, 3.05) is 66.1 Å². The van der Waals surface area contributed by atoms with Gasteiger partial charge in [0.1, 0.15) is 0 Å². The lowest BCUT2D eigenvalue weighted by molar-refractivity contribution is 0.0132. The zero-order valence-corrected chi connectivity index (χ0v) is 20.2. The topological polar surface area (TPSA) is 52.1 Å². The van der Waals surface area contributed by atoms with Gasteiger partial charge in [-0.3, -0.25) is 9.89 Å². The van der Waals surface area contributed by atoms with Crippen molar-refractivity contribution in [3.05, 3.63) is 0 Å².